The lowest BCUT2D eigenvalue weighted by Crippen LogP contribution is -2.30. The Kier molecular flexibility index (Phi) is 4.58. The molecule has 0 aliphatic rings. The second-order valence-electron chi connectivity index (χ2n) is 2.30. The van der Waals surface area contributed by atoms with Gasteiger partial charge in [0, 0.05) is 6.54 Å². The third-order valence-corrected chi connectivity index (χ3v) is 2.54. The second kappa shape index (κ2) is 4.92. The number of rotatable bonds is 5. The Bertz CT molecular complexity index is 256. The average molecular weight is 191 g/mol. The van der Waals surface area contributed by atoms with E-state index >= 15 is 0 Å². The van der Waals surface area contributed by atoms with Crippen LogP contribution in [0.3, 0.4) is 0 Å². The van der Waals surface area contributed by atoms with Gasteiger partial charge in [0.1, 0.15) is 5.75 Å². The zero-order valence-corrected chi connectivity index (χ0v) is 7.86. The highest BCUT2D eigenvalue weighted by Crippen LogP contribution is 1.89. The molecule has 0 heterocycles. The van der Waals surface area contributed by atoms with E-state index in [-0.39, 0.29) is 5.75 Å². The molecule has 0 bridgehead atoms. The van der Waals surface area contributed by atoms with E-state index in [1.54, 1.807) is 6.92 Å². The fraction of sp³-hybridized carbons (Fsp3) is 0.571. The molecule has 0 atom stereocenters. The largest absolute Gasteiger partial charge is 0.356 e. The third kappa shape index (κ3) is 4.90. The van der Waals surface area contributed by atoms with Crippen LogP contribution in [0, 0.1) is 0 Å². The summed E-state index contributed by atoms with van der Waals surface area (Å²) < 4.78 is 22.0. The number of carbonyl (C=O) groups excluding carboxylic acids is 1. The maximum atomic E-state index is 11.0. The minimum Gasteiger partial charge on any atom is -0.356 e. The molecule has 0 radical (unpaired) electrons. The molecule has 1 N–H and O–H groups in total. The van der Waals surface area contributed by atoms with Gasteiger partial charge in [-0.25, -0.2) is 8.42 Å². The van der Waals surface area contributed by atoms with Gasteiger partial charge in [-0.2, -0.15) is 0 Å². The van der Waals surface area contributed by atoms with Gasteiger partial charge in [-0.15, -0.1) is 6.58 Å². The van der Waals surface area contributed by atoms with Crippen molar-refractivity contribution in [2.75, 3.05) is 18.1 Å². The number of carbonyl (C=O) groups is 1. The average Bonchev–Trinajstić information content (AvgIpc) is 1.85. The molecular formula is C7H13NO3S. The first-order valence-corrected chi connectivity index (χ1v) is 5.42. The van der Waals surface area contributed by atoms with Crippen LogP contribution in [-0.2, 0) is 14.6 Å². The van der Waals surface area contributed by atoms with Crippen LogP contribution in [0.25, 0.3) is 0 Å². The van der Waals surface area contributed by atoms with Gasteiger partial charge in [-0.1, -0.05) is 6.08 Å². The number of sulfone groups is 1. The zero-order valence-electron chi connectivity index (χ0n) is 7.04. The molecule has 0 aromatic carbocycles. The molecule has 0 saturated carbocycles. The van der Waals surface area contributed by atoms with Crippen molar-refractivity contribution in [1.29, 1.82) is 0 Å². The maximum Gasteiger partial charge on any atom is 0.235 e. The molecule has 0 spiro atoms. The number of nitrogens with one attached hydrogen (secondary N) is 1. The van der Waals surface area contributed by atoms with Gasteiger partial charge in [0.05, 0.1) is 5.75 Å². The predicted octanol–water partition coefficient (Wildman–Crippen LogP) is -0.277. The smallest absolute Gasteiger partial charge is 0.235 e. The Hall–Kier alpha value is -0.840. The summed E-state index contributed by atoms with van der Waals surface area (Å²) in [6, 6.07) is 0. The van der Waals surface area contributed by atoms with E-state index < -0.39 is 21.5 Å². The maximum absolute atomic E-state index is 11.0. The third-order valence-electron chi connectivity index (χ3n) is 1.10. The minimum atomic E-state index is -3.28. The molecule has 0 aliphatic carbocycles. The van der Waals surface area contributed by atoms with E-state index in [2.05, 4.69) is 11.9 Å². The highest BCUT2D eigenvalue weighted by Gasteiger charge is 2.13. The van der Waals surface area contributed by atoms with Crippen molar-refractivity contribution in [2.24, 2.45) is 0 Å². The first kappa shape index (κ1) is 11.2. The Morgan fingerprint density at radius 2 is 2.17 bits per heavy atom. The summed E-state index contributed by atoms with van der Waals surface area (Å²) in [4.78, 5) is 10.8. The summed E-state index contributed by atoms with van der Waals surface area (Å²) in [5.41, 5.74) is 0. The molecule has 4 nitrogen and oxygen atoms in total. The van der Waals surface area contributed by atoms with Crippen LogP contribution in [0.1, 0.15) is 6.92 Å². The van der Waals surface area contributed by atoms with Crippen molar-refractivity contribution in [3.8, 4) is 0 Å². The Morgan fingerprint density at radius 1 is 1.58 bits per heavy atom. The number of hydrogen-bond acceptors (Lipinski definition) is 3. The molecule has 0 rings (SSSR count). The van der Waals surface area contributed by atoms with Crippen LogP contribution in [0.15, 0.2) is 12.7 Å². The van der Waals surface area contributed by atoms with E-state index in [0.29, 0.717) is 6.54 Å². The van der Waals surface area contributed by atoms with Crippen molar-refractivity contribution in [2.45, 2.75) is 6.92 Å². The van der Waals surface area contributed by atoms with E-state index in [9.17, 15) is 13.2 Å². The van der Waals surface area contributed by atoms with Gasteiger partial charge in [-0.3, -0.25) is 4.79 Å². The van der Waals surface area contributed by atoms with Gasteiger partial charge in [0.2, 0.25) is 5.91 Å². The van der Waals surface area contributed by atoms with Gasteiger partial charge in [-0.05, 0) is 6.92 Å². The van der Waals surface area contributed by atoms with E-state index in [1.807, 2.05) is 0 Å². The van der Waals surface area contributed by atoms with Crippen molar-refractivity contribution >= 4 is 15.7 Å². The summed E-state index contributed by atoms with van der Waals surface area (Å²) in [6.45, 7) is 5.47. The molecule has 0 fully saturated rings. The predicted molar refractivity (Wildman–Crippen MR) is 47.5 cm³/mol. The lowest BCUT2D eigenvalue weighted by Gasteiger charge is -2.01. The highest BCUT2D eigenvalue weighted by atomic mass is 32.2. The van der Waals surface area contributed by atoms with Crippen molar-refractivity contribution in [3.05, 3.63) is 12.7 Å². The first-order valence-electron chi connectivity index (χ1n) is 3.60. The van der Waals surface area contributed by atoms with E-state index in [0.717, 1.165) is 0 Å². The second-order valence-corrected chi connectivity index (χ2v) is 4.41. The van der Waals surface area contributed by atoms with E-state index in [4.69, 9.17) is 0 Å². The summed E-state index contributed by atoms with van der Waals surface area (Å²) in [6.07, 6.45) is 1.27. The van der Waals surface area contributed by atoms with Crippen LogP contribution in [0.5, 0.6) is 0 Å². The molecule has 12 heavy (non-hydrogen) atoms. The van der Waals surface area contributed by atoms with E-state index in [1.165, 1.54) is 6.08 Å². The SMILES string of the molecule is C=CCS(=O)(=O)CC(=O)NCC. The lowest BCUT2D eigenvalue weighted by molar-refractivity contribution is -0.118. The van der Waals surface area contributed by atoms with Crippen LogP contribution >= 0.6 is 0 Å². The Balaban J connectivity index is 4.06. The summed E-state index contributed by atoms with van der Waals surface area (Å²) in [5, 5.41) is 2.41. The van der Waals surface area contributed by atoms with Crippen LogP contribution < -0.4 is 5.32 Å². The normalized spacial score (nSPS) is 10.8. The molecule has 0 unspecified atom stereocenters. The van der Waals surface area contributed by atoms with Crippen LogP contribution in [0.4, 0.5) is 0 Å². The van der Waals surface area contributed by atoms with Gasteiger partial charge < -0.3 is 5.32 Å². The summed E-state index contributed by atoms with van der Waals surface area (Å²) in [5.74, 6) is -1.06. The number of amides is 1. The molecule has 0 aliphatic heterocycles. The van der Waals surface area contributed by atoms with Crippen LogP contribution in [0.2, 0.25) is 0 Å². The molecular weight excluding hydrogens is 178 g/mol. The summed E-state index contributed by atoms with van der Waals surface area (Å²) >= 11 is 0. The molecule has 0 saturated heterocycles. The van der Waals surface area contributed by atoms with Gasteiger partial charge in [0.15, 0.2) is 9.84 Å². The van der Waals surface area contributed by atoms with Crippen molar-refractivity contribution in [3.63, 3.8) is 0 Å². The van der Waals surface area contributed by atoms with Crippen molar-refractivity contribution in [1.82, 2.24) is 5.32 Å². The fourth-order valence-corrected chi connectivity index (χ4v) is 1.66. The fourth-order valence-electron chi connectivity index (χ4n) is 0.686. The topological polar surface area (TPSA) is 63.2 Å². The quantitative estimate of drug-likeness (QED) is 0.608. The molecule has 5 heteroatoms. The Morgan fingerprint density at radius 3 is 2.58 bits per heavy atom. The summed E-state index contributed by atoms with van der Waals surface area (Å²) in [7, 11) is -3.28. The molecule has 70 valence electrons. The minimum absolute atomic E-state index is 0.149. The zero-order chi connectivity index (χ0) is 9.61. The Labute approximate surface area is 72.6 Å². The van der Waals surface area contributed by atoms with Crippen LogP contribution in [-0.4, -0.2) is 32.4 Å². The monoisotopic (exact) mass is 191 g/mol. The van der Waals surface area contributed by atoms with Gasteiger partial charge >= 0.3 is 0 Å². The molecule has 1 amide bonds. The standard InChI is InChI=1S/C7H13NO3S/c1-3-5-12(10,11)6-7(9)8-4-2/h3H,1,4-6H2,2H3,(H,8,9). The van der Waals surface area contributed by atoms with Crippen molar-refractivity contribution < 1.29 is 13.2 Å². The molecule has 0 aromatic heterocycles. The lowest BCUT2D eigenvalue weighted by atomic mass is 10.6. The highest BCUT2D eigenvalue weighted by molar-refractivity contribution is 7.92. The van der Waals surface area contributed by atoms with Gasteiger partial charge in [0.25, 0.3) is 0 Å². The molecule has 0 aromatic rings. The number of hydrogen-bond donors (Lipinski definition) is 1. The first-order chi connectivity index (χ1) is 5.52.